The van der Waals surface area contributed by atoms with E-state index in [0.717, 1.165) is 5.82 Å². The molecule has 1 aromatic rings. The predicted octanol–water partition coefficient (Wildman–Crippen LogP) is 0.608. The van der Waals surface area contributed by atoms with E-state index in [4.69, 9.17) is 5.26 Å². The van der Waals surface area contributed by atoms with Crippen molar-refractivity contribution in [1.82, 2.24) is 14.5 Å². The molecular formula is C7H6N4. The molecule has 0 aromatic carbocycles. The van der Waals surface area contributed by atoms with Gasteiger partial charge in [0.2, 0.25) is 0 Å². The fourth-order valence-corrected chi connectivity index (χ4v) is 1.03. The average molecular weight is 146 g/mol. The first-order valence-corrected chi connectivity index (χ1v) is 3.26. The van der Waals surface area contributed by atoms with Crippen LogP contribution in [0, 0.1) is 11.5 Å². The number of hydrogen-bond acceptors (Lipinski definition) is 3. The van der Waals surface area contributed by atoms with Crippen LogP contribution in [0.25, 0.3) is 6.08 Å². The quantitative estimate of drug-likeness (QED) is 0.503. The number of hydrogen-bond donors (Lipinski definition) is 0. The summed E-state index contributed by atoms with van der Waals surface area (Å²) in [6.07, 6.45) is 9.14. The van der Waals surface area contributed by atoms with Gasteiger partial charge in [0.15, 0.2) is 6.19 Å². The molecule has 0 N–H and O–H groups in total. The van der Waals surface area contributed by atoms with Crippen LogP contribution >= 0.6 is 0 Å². The molecule has 2 heterocycles. The molecule has 1 aromatic heterocycles. The van der Waals surface area contributed by atoms with Gasteiger partial charge in [-0.25, -0.2) is 4.98 Å². The minimum Gasteiger partial charge on any atom is -0.312 e. The van der Waals surface area contributed by atoms with Crippen LogP contribution in [-0.4, -0.2) is 14.5 Å². The number of nitriles is 1. The molecule has 0 radical (unpaired) electrons. The standard InChI is InChI=1S/C7H6N4/c8-5-10-3-1-7-9-2-4-11(7)6-10/h1-4H,6H2. The Labute approximate surface area is 64.0 Å². The van der Waals surface area contributed by atoms with E-state index in [-0.39, 0.29) is 0 Å². The number of imidazole rings is 1. The molecule has 11 heavy (non-hydrogen) atoms. The molecule has 0 fully saturated rings. The van der Waals surface area contributed by atoms with Crippen LogP contribution in [0.4, 0.5) is 0 Å². The third kappa shape index (κ3) is 0.867. The maximum atomic E-state index is 8.55. The second-order valence-corrected chi connectivity index (χ2v) is 2.28. The molecule has 0 saturated heterocycles. The Morgan fingerprint density at radius 2 is 2.55 bits per heavy atom. The number of rotatable bonds is 0. The van der Waals surface area contributed by atoms with Crippen molar-refractivity contribution in [2.45, 2.75) is 6.67 Å². The highest BCUT2D eigenvalue weighted by atomic mass is 15.3. The minimum absolute atomic E-state index is 0.572. The average Bonchev–Trinajstić information content (AvgIpc) is 2.50. The van der Waals surface area contributed by atoms with E-state index in [2.05, 4.69) is 4.98 Å². The molecule has 0 spiro atoms. The Balaban J connectivity index is 2.37. The Hall–Kier alpha value is -1.76. The molecule has 0 bridgehead atoms. The fraction of sp³-hybridized carbons (Fsp3) is 0.143. The van der Waals surface area contributed by atoms with Gasteiger partial charge in [-0.05, 0) is 6.08 Å². The number of aromatic nitrogens is 2. The first-order chi connectivity index (χ1) is 5.40. The van der Waals surface area contributed by atoms with Gasteiger partial charge in [-0.2, -0.15) is 5.26 Å². The predicted molar refractivity (Wildman–Crippen MR) is 38.7 cm³/mol. The van der Waals surface area contributed by atoms with Crippen molar-refractivity contribution in [1.29, 1.82) is 5.26 Å². The van der Waals surface area contributed by atoms with E-state index in [1.54, 1.807) is 12.4 Å². The third-order valence-electron chi connectivity index (χ3n) is 1.58. The van der Waals surface area contributed by atoms with Gasteiger partial charge in [0.1, 0.15) is 12.5 Å². The van der Waals surface area contributed by atoms with E-state index in [1.807, 2.05) is 23.0 Å². The van der Waals surface area contributed by atoms with Crippen molar-refractivity contribution in [2.75, 3.05) is 0 Å². The zero-order chi connectivity index (χ0) is 7.68. The summed E-state index contributed by atoms with van der Waals surface area (Å²) in [6, 6.07) is 0. The van der Waals surface area contributed by atoms with Crippen LogP contribution < -0.4 is 0 Å². The molecule has 2 rings (SSSR count). The normalized spacial score (nSPS) is 14.3. The second-order valence-electron chi connectivity index (χ2n) is 2.28. The van der Waals surface area contributed by atoms with Crippen molar-refractivity contribution >= 4 is 6.08 Å². The largest absolute Gasteiger partial charge is 0.312 e. The van der Waals surface area contributed by atoms with Gasteiger partial charge in [0.25, 0.3) is 0 Å². The van der Waals surface area contributed by atoms with Gasteiger partial charge in [-0.15, -0.1) is 0 Å². The van der Waals surface area contributed by atoms with Gasteiger partial charge in [0.05, 0.1) is 0 Å². The van der Waals surface area contributed by atoms with E-state index in [0.29, 0.717) is 6.67 Å². The summed E-state index contributed by atoms with van der Waals surface area (Å²) < 4.78 is 1.91. The lowest BCUT2D eigenvalue weighted by Crippen LogP contribution is -2.19. The first kappa shape index (κ1) is 5.98. The molecule has 0 atom stereocenters. The molecule has 0 amide bonds. The van der Waals surface area contributed by atoms with Crippen LogP contribution in [0.1, 0.15) is 5.82 Å². The van der Waals surface area contributed by atoms with Crippen molar-refractivity contribution in [3.8, 4) is 6.19 Å². The Bertz CT molecular complexity index is 330. The van der Waals surface area contributed by atoms with Crippen molar-refractivity contribution in [3.63, 3.8) is 0 Å². The summed E-state index contributed by atoms with van der Waals surface area (Å²) in [4.78, 5) is 5.60. The number of fused-ring (bicyclic) bond motifs is 1. The van der Waals surface area contributed by atoms with Gasteiger partial charge in [-0.1, -0.05) is 0 Å². The zero-order valence-corrected chi connectivity index (χ0v) is 5.81. The fourth-order valence-electron chi connectivity index (χ4n) is 1.03. The maximum Gasteiger partial charge on any atom is 0.185 e. The smallest absolute Gasteiger partial charge is 0.185 e. The lowest BCUT2D eigenvalue weighted by atomic mass is 10.5. The molecule has 4 nitrogen and oxygen atoms in total. The summed E-state index contributed by atoms with van der Waals surface area (Å²) in [5.74, 6) is 0.900. The highest BCUT2D eigenvalue weighted by molar-refractivity contribution is 5.41. The van der Waals surface area contributed by atoms with Gasteiger partial charge < -0.3 is 4.57 Å². The Morgan fingerprint density at radius 1 is 1.64 bits per heavy atom. The van der Waals surface area contributed by atoms with Crippen LogP contribution in [0.2, 0.25) is 0 Å². The molecule has 54 valence electrons. The van der Waals surface area contributed by atoms with E-state index >= 15 is 0 Å². The lowest BCUT2D eigenvalue weighted by Gasteiger charge is -2.16. The highest BCUT2D eigenvalue weighted by Gasteiger charge is 2.07. The molecular weight excluding hydrogens is 140 g/mol. The Kier molecular flexibility index (Phi) is 1.16. The topological polar surface area (TPSA) is 44.9 Å². The number of nitrogens with zero attached hydrogens (tertiary/aromatic N) is 4. The van der Waals surface area contributed by atoms with Crippen LogP contribution in [0.5, 0.6) is 0 Å². The summed E-state index contributed by atoms with van der Waals surface area (Å²) in [5.41, 5.74) is 0. The van der Waals surface area contributed by atoms with Crippen molar-refractivity contribution in [3.05, 3.63) is 24.4 Å². The van der Waals surface area contributed by atoms with Gasteiger partial charge >= 0.3 is 0 Å². The first-order valence-electron chi connectivity index (χ1n) is 3.26. The molecule has 0 aliphatic carbocycles. The summed E-state index contributed by atoms with van der Waals surface area (Å²) in [6.45, 7) is 0.572. The summed E-state index contributed by atoms with van der Waals surface area (Å²) in [5, 5.41) is 8.55. The molecule has 1 aliphatic rings. The van der Waals surface area contributed by atoms with Crippen molar-refractivity contribution in [2.24, 2.45) is 0 Å². The molecule has 1 aliphatic heterocycles. The molecule has 0 unspecified atom stereocenters. The lowest BCUT2D eigenvalue weighted by molar-refractivity contribution is 0.406. The van der Waals surface area contributed by atoms with Crippen LogP contribution in [0.15, 0.2) is 18.6 Å². The SMILES string of the molecule is N#CN1C=Cc2nccn2C1. The Morgan fingerprint density at radius 3 is 3.36 bits per heavy atom. The molecule has 4 heteroatoms. The molecule has 0 saturated carbocycles. The maximum absolute atomic E-state index is 8.55. The highest BCUT2D eigenvalue weighted by Crippen LogP contribution is 2.08. The second kappa shape index (κ2) is 2.13. The third-order valence-corrected chi connectivity index (χ3v) is 1.58. The summed E-state index contributed by atoms with van der Waals surface area (Å²) >= 11 is 0. The van der Waals surface area contributed by atoms with E-state index in [1.165, 1.54) is 4.90 Å². The van der Waals surface area contributed by atoms with E-state index in [9.17, 15) is 0 Å². The summed E-state index contributed by atoms with van der Waals surface area (Å²) in [7, 11) is 0. The van der Waals surface area contributed by atoms with Gasteiger partial charge in [0, 0.05) is 18.6 Å². The van der Waals surface area contributed by atoms with Gasteiger partial charge in [-0.3, -0.25) is 4.90 Å². The zero-order valence-electron chi connectivity index (χ0n) is 5.81. The van der Waals surface area contributed by atoms with E-state index < -0.39 is 0 Å². The van der Waals surface area contributed by atoms with Crippen LogP contribution in [-0.2, 0) is 6.67 Å². The monoisotopic (exact) mass is 146 g/mol. The van der Waals surface area contributed by atoms with Crippen LogP contribution in [0.3, 0.4) is 0 Å². The van der Waals surface area contributed by atoms with Crippen molar-refractivity contribution < 1.29 is 0 Å². The minimum atomic E-state index is 0.572.